The molecule has 4 heterocycles. The minimum absolute atomic E-state index is 0.0227. The number of benzene rings is 3. The highest BCUT2D eigenvalue weighted by Gasteiger charge is 2.54. The van der Waals surface area contributed by atoms with Gasteiger partial charge in [0.15, 0.2) is 5.60 Å². The monoisotopic (exact) mass is 638 g/mol. The molecule has 0 bridgehead atoms. The second-order valence-electron chi connectivity index (χ2n) is 11.2. The van der Waals surface area contributed by atoms with Crippen LogP contribution in [0.2, 0.25) is 0 Å². The maximum absolute atomic E-state index is 13.3. The van der Waals surface area contributed by atoms with Gasteiger partial charge in [0, 0.05) is 51.7 Å². The molecular formula is C34H26N2O11. The van der Waals surface area contributed by atoms with Crippen LogP contribution in [0, 0.1) is 11.8 Å². The lowest BCUT2D eigenvalue weighted by Gasteiger charge is -2.36. The molecule has 1 spiro atoms. The molecule has 1 amide bonds. The number of aliphatic hydroxyl groups excluding tert-OH is 3. The Morgan fingerprint density at radius 1 is 0.915 bits per heavy atom. The van der Waals surface area contributed by atoms with Crippen LogP contribution >= 0.6 is 0 Å². The SMILES string of the molecule is O=C(NCC#Cc1c[nH]c(=O)c([C@@H]2O[C@H](CO)[C@@H](O)[C@H]2O)c1)c1ccc2c(c1)C(=O)OC21c2ccc(O)cc2Oc2cc(O)ccc21. The number of carbonyl (C=O) groups excluding carboxylic acids is 2. The largest absolute Gasteiger partial charge is 0.508 e. The summed E-state index contributed by atoms with van der Waals surface area (Å²) in [6.45, 7) is -0.635. The molecule has 1 aromatic heterocycles. The van der Waals surface area contributed by atoms with E-state index in [1.807, 2.05) is 0 Å². The van der Waals surface area contributed by atoms with Crippen LogP contribution in [0.25, 0.3) is 0 Å². The molecule has 0 radical (unpaired) electrons. The average molecular weight is 639 g/mol. The summed E-state index contributed by atoms with van der Waals surface area (Å²) in [6, 6.07) is 14.8. The Bertz CT molecular complexity index is 2030. The first-order chi connectivity index (χ1) is 22.6. The highest BCUT2D eigenvalue weighted by atomic mass is 16.6. The van der Waals surface area contributed by atoms with Crippen molar-refractivity contribution in [3.05, 3.63) is 116 Å². The average Bonchev–Trinajstić information content (AvgIpc) is 3.51. The molecule has 0 saturated carbocycles. The number of ether oxygens (including phenoxy) is 3. The van der Waals surface area contributed by atoms with E-state index in [9.17, 15) is 39.9 Å². The molecule has 238 valence electrons. The number of esters is 1. The molecule has 1 saturated heterocycles. The number of phenols is 2. The molecule has 3 aliphatic rings. The minimum Gasteiger partial charge on any atom is -0.508 e. The summed E-state index contributed by atoms with van der Waals surface area (Å²) < 4.78 is 17.4. The van der Waals surface area contributed by atoms with Crippen molar-refractivity contribution < 1.29 is 49.3 Å². The fourth-order valence-corrected chi connectivity index (χ4v) is 6.16. The van der Waals surface area contributed by atoms with Gasteiger partial charge in [-0.15, -0.1) is 0 Å². The van der Waals surface area contributed by atoms with Gasteiger partial charge in [-0.05, 0) is 42.5 Å². The number of hydrogen-bond donors (Lipinski definition) is 7. The third-order valence-electron chi connectivity index (χ3n) is 8.39. The van der Waals surface area contributed by atoms with Crippen LogP contribution < -0.4 is 15.6 Å². The number of aromatic nitrogens is 1. The van der Waals surface area contributed by atoms with E-state index in [0.717, 1.165) is 0 Å². The summed E-state index contributed by atoms with van der Waals surface area (Å²) in [5, 5.41) is 52.5. The van der Waals surface area contributed by atoms with Crippen molar-refractivity contribution in [3.8, 4) is 34.8 Å². The van der Waals surface area contributed by atoms with Crippen molar-refractivity contribution in [2.75, 3.05) is 13.2 Å². The Morgan fingerprint density at radius 3 is 2.26 bits per heavy atom. The Balaban J connectivity index is 1.12. The Labute approximate surface area is 265 Å². The smallest absolute Gasteiger partial charge is 0.340 e. The fourth-order valence-electron chi connectivity index (χ4n) is 6.16. The molecule has 0 aliphatic carbocycles. The molecule has 47 heavy (non-hydrogen) atoms. The molecule has 1 fully saturated rings. The lowest BCUT2D eigenvalue weighted by molar-refractivity contribution is -0.0231. The molecule has 4 aromatic rings. The molecule has 3 aliphatic heterocycles. The van der Waals surface area contributed by atoms with Crippen LogP contribution in [0.4, 0.5) is 0 Å². The molecule has 7 rings (SSSR count). The van der Waals surface area contributed by atoms with Crippen molar-refractivity contribution in [1.29, 1.82) is 0 Å². The van der Waals surface area contributed by atoms with E-state index in [0.29, 0.717) is 22.3 Å². The summed E-state index contributed by atoms with van der Waals surface area (Å²) in [5.41, 5.74) is 0.0277. The maximum Gasteiger partial charge on any atom is 0.340 e. The predicted octanol–water partition coefficient (Wildman–Crippen LogP) is 1.29. The third-order valence-corrected chi connectivity index (χ3v) is 8.39. The van der Waals surface area contributed by atoms with Crippen LogP contribution in [-0.4, -0.2) is 73.9 Å². The Hall–Kier alpha value is -5.65. The van der Waals surface area contributed by atoms with E-state index in [4.69, 9.17) is 14.2 Å². The van der Waals surface area contributed by atoms with Crippen molar-refractivity contribution in [2.45, 2.75) is 30.0 Å². The summed E-state index contributed by atoms with van der Waals surface area (Å²) in [7, 11) is 0. The zero-order valence-electron chi connectivity index (χ0n) is 24.3. The number of aromatic amines is 1. The van der Waals surface area contributed by atoms with Crippen LogP contribution in [0.3, 0.4) is 0 Å². The fraction of sp³-hybridized carbons (Fsp3) is 0.206. The normalized spacial score (nSPS) is 21.5. The number of H-pyrrole nitrogens is 1. The first-order valence-electron chi connectivity index (χ1n) is 14.5. The van der Waals surface area contributed by atoms with Gasteiger partial charge < -0.3 is 50.0 Å². The second kappa shape index (κ2) is 11.3. The van der Waals surface area contributed by atoms with Gasteiger partial charge in [0.25, 0.3) is 11.5 Å². The number of amides is 1. The Morgan fingerprint density at radius 2 is 1.60 bits per heavy atom. The second-order valence-corrected chi connectivity index (χ2v) is 11.2. The number of phenolic OH excluding ortho intramolecular Hbond substituents is 2. The van der Waals surface area contributed by atoms with E-state index in [-0.39, 0.29) is 46.2 Å². The first kappa shape index (κ1) is 30.0. The van der Waals surface area contributed by atoms with Crippen LogP contribution in [0.15, 0.2) is 71.7 Å². The number of aliphatic hydroxyl groups is 3. The number of hydrogen-bond acceptors (Lipinski definition) is 11. The molecule has 13 heteroatoms. The summed E-state index contributed by atoms with van der Waals surface area (Å²) in [5.74, 6) is 4.70. The summed E-state index contributed by atoms with van der Waals surface area (Å²) >= 11 is 0. The highest BCUT2D eigenvalue weighted by Crippen LogP contribution is 2.57. The van der Waals surface area contributed by atoms with Crippen molar-refractivity contribution >= 4 is 11.9 Å². The maximum atomic E-state index is 13.3. The summed E-state index contributed by atoms with van der Waals surface area (Å²) in [4.78, 5) is 41.3. The van der Waals surface area contributed by atoms with Crippen LogP contribution in [0.1, 0.15) is 54.6 Å². The quantitative estimate of drug-likeness (QED) is 0.125. The topological polar surface area (TPSA) is 208 Å². The van der Waals surface area contributed by atoms with E-state index in [2.05, 4.69) is 22.1 Å². The molecule has 13 nitrogen and oxygen atoms in total. The van der Waals surface area contributed by atoms with Gasteiger partial charge in [-0.2, -0.15) is 0 Å². The van der Waals surface area contributed by atoms with Crippen molar-refractivity contribution in [2.24, 2.45) is 0 Å². The number of rotatable bonds is 4. The number of aromatic hydroxyl groups is 2. The van der Waals surface area contributed by atoms with Gasteiger partial charge in [0.2, 0.25) is 0 Å². The lowest BCUT2D eigenvalue weighted by Crippen LogP contribution is -2.33. The van der Waals surface area contributed by atoms with Crippen molar-refractivity contribution in [1.82, 2.24) is 10.3 Å². The molecule has 0 unspecified atom stereocenters. The van der Waals surface area contributed by atoms with Crippen LogP contribution in [0.5, 0.6) is 23.0 Å². The van der Waals surface area contributed by atoms with Gasteiger partial charge in [-0.25, -0.2) is 4.79 Å². The number of pyridine rings is 1. The highest BCUT2D eigenvalue weighted by molar-refractivity contribution is 6.01. The van der Waals surface area contributed by atoms with Gasteiger partial charge in [0.05, 0.1) is 18.7 Å². The number of carbonyl (C=O) groups is 2. The number of fused-ring (bicyclic) bond motifs is 6. The van der Waals surface area contributed by atoms with Crippen LogP contribution in [-0.2, 0) is 15.1 Å². The Kier molecular flexibility index (Phi) is 7.22. The zero-order valence-corrected chi connectivity index (χ0v) is 24.3. The van der Waals surface area contributed by atoms with Gasteiger partial charge in [-0.1, -0.05) is 17.9 Å². The minimum atomic E-state index is -1.45. The van der Waals surface area contributed by atoms with Gasteiger partial charge in [0.1, 0.15) is 47.4 Å². The number of nitrogens with one attached hydrogen (secondary N) is 2. The summed E-state index contributed by atoms with van der Waals surface area (Å²) in [6.07, 6.45) is -3.65. The molecule has 7 N–H and O–H groups in total. The molecule has 4 atom stereocenters. The predicted molar refractivity (Wildman–Crippen MR) is 161 cm³/mol. The molecular weight excluding hydrogens is 612 g/mol. The zero-order chi connectivity index (χ0) is 33.0. The van der Waals surface area contributed by atoms with E-state index in [1.54, 1.807) is 18.2 Å². The lowest BCUT2D eigenvalue weighted by atomic mass is 9.77. The van der Waals surface area contributed by atoms with Gasteiger partial charge in [-0.3, -0.25) is 9.59 Å². The van der Waals surface area contributed by atoms with E-state index in [1.165, 1.54) is 48.7 Å². The van der Waals surface area contributed by atoms with Crippen molar-refractivity contribution in [3.63, 3.8) is 0 Å². The van der Waals surface area contributed by atoms with E-state index < -0.39 is 54.1 Å². The van der Waals surface area contributed by atoms with Gasteiger partial charge >= 0.3 is 5.97 Å². The third kappa shape index (κ3) is 4.87. The molecule has 3 aromatic carbocycles. The first-order valence-corrected chi connectivity index (χ1v) is 14.5. The standard InChI is InChI=1S/C34H26N2O11/c37-15-27-28(40)29(41)30(46-27)21-10-16(14-36-32(21)43)2-1-9-35-31(42)17-3-6-22-20(11-17)33(44)47-34(22)23-7-4-18(38)12-25(23)45-26-13-19(39)5-8-24(26)34/h3-8,10-14,27-30,37-41H,9,15H2,(H,35,42)(H,36,43)/t27-,28-,29-,30+/m1/s1. The van der Waals surface area contributed by atoms with E-state index >= 15 is 0 Å².